The Morgan fingerprint density at radius 2 is 0.914 bits per heavy atom. The molecule has 0 radical (unpaired) electrons. The maximum Gasteiger partial charge on any atom is -1.00 e. The van der Waals surface area contributed by atoms with Crippen molar-refractivity contribution < 1.29 is 41.4 Å². The largest absolute Gasteiger partial charge is 1.00 e. The molecule has 2 atom stereocenters. The van der Waals surface area contributed by atoms with Gasteiger partial charge in [0, 0.05) is 0 Å². The quantitative estimate of drug-likeness (QED) is 0.357. The second-order valence-corrected chi connectivity index (χ2v) is 17.1. The molecule has 1 aliphatic heterocycles. The van der Waals surface area contributed by atoms with E-state index in [9.17, 15) is 0 Å². The molecule has 172 valence electrons. The zero-order valence-corrected chi connectivity index (χ0v) is 22.4. The molecule has 35 heavy (non-hydrogen) atoms. The number of hydrogen-bond acceptors (Lipinski definition) is 0. The van der Waals surface area contributed by atoms with Gasteiger partial charge in [-0.05, 0) is 0 Å². The van der Waals surface area contributed by atoms with Gasteiger partial charge in [0.15, 0.2) is 0 Å². The summed E-state index contributed by atoms with van der Waals surface area (Å²) in [5.41, 5.74) is 11.5. The fourth-order valence-electron chi connectivity index (χ4n) is 6.37. The molecule has 0 bridgehead atoms. The van der Waals surface area contributed by atoms with Gasteiger partial charge >= 0.3 is 200 Å². The summed E-state index contributed by atoms with van der Waals surface area (Å²) in [6, 6.07) is 35.8. The van der Waals surface area contributed by atoms with E-state index in [1.54, 1.807) is 11.1 Å². The molecular formula is C32H26Cl2Ti. The molecule has 1 heterocycles. The van der Waals surface area contributed by atoms with Crippen LogP contribution >= 0.6 is 0 Å². The topological polar surface area (TPSA) is 0 Å². The van der Waals surface area contributed by atoms with Crippen molar-refractivity contribution in [3.05, 3.63) is 131 Å². The van der Waals surface area contributed by atoms with Crippen LogP contribution in [-0.2, 0) is 16.6 Å². The van der Waals surface area contributed by atoms with Crippen LogP contribution in [0.15, 0.2) is 109 Å². The van der Waals surface area contributed by atoms with Gasteiger partial charge in [0.25, 0.3) is 0 Å². The number of rotatable bonds is 4. The molecule has 1 saturated heterocycles. The number of fused-ring (bicyclic) bond motifs is 2. The summed E-state index contributed by atoms with van der Waals surface area (Å²) in [5.74, 6) is 0. The molecular weight excluding hydrogens is 503 g/mol. The molecule has 2 aliphatic carbocycles. The van der Waals surface area contributed by atoms with Crippen molar-refractivity contribution in [2.45, 2.75) is 17.9 Å². The third-order valence-corrected chi connectivity index (χ3v) is 16.1. The van der Waals surface area contributed by atoms with Gasteiger partial charge < -0.3 is 24.8 Å². The first-order chi connectivity index (χ1) is 16.4. The van der Waals surface area contributed by atoms with Crippen LogP contribution in [-0.4, -0.2) is 0 Å². The Hall–Kier alpha value is -2.35. The van der Waals surface area contributed by atoms with Crippen LogP contribution in [0.5, 0.6) is 0 Å². The van der Waals surface area contributed by atoms with E-state index in [4.69, 9.17) is 0 Å². The number of benzene rings is 4. The van der Waals surface area contributed by atoms with Crippen molar-refractivity contribution in [3.8, 4) is 22.3 Å². The predicted octanol–water partition coefficient (Wildman–Crippen LogP) is 2.87. The zero-order chi connectivity index (χ0) is 21.8. The molecule has 1 fully saturated rings. The van der Waals surface area contributed by atoms with Crippen LogP contribution in [0.4, 0.5) is 0 Å². The van der Waals surface area contributed by atoms with E-state index in [0.29, 0.717) is 8.45 Å². The standard InChI is InChI=1S/2C15H11.C2H4.2ClH.Ti/c2*1-2-6-12(7-3-1)14-10-4-8-13-9-5-11-15(13)14;1-2;;;/h2*1-11H;1-2H2;2*1H;/q;;;;;+2/p-2. The van der Waals surface area contributed by atoms with Gasteiger partial charge in [-0.15, -0.1) is 0 Å². The van der Waals surface area contributed by atoms with Gasteiger partial charge in [-0.3, -0.25) is 0 Å². The molecule has 0 nitrogen and oxygen atoms in total. The van der Waals surface area contributed by atoms with E-state index >= 15 is 0 Å². The van der Waals surface area contributed by atoms with Gasteiger partial charge in [-0.25, -0.2) is 0 Å². The van der Waals surface area contributed by atoms with Crippen LogP contribution in [0.2, 0.25) is 9.45 Å². The number of halogens is 2. The average molecular weight is 529 g/mol. The minimum atomic E-state index is -2.14. The number of allylic oxidation sites excluding steroid dienone is 2. The molecule has 0 amide bonds. The van der Waals surface area contributed by atoms with Crippen LogP contribution in [0.1, 0.15) is 30.7 Å². The normalized spacial score (nSPS) is 19.0. The zero-order valence-electron chi connectivity index (χ0n) is 19.4. The summed E-state index contributed by atoms with van der Waals surface area (Å²) in [4.78, 5) is 0. The fraction of sp³-hybridized carbons (Fsp3) is 0.125. The number of hydrogen-bond donors (Lipinski definition) is 0. The molecule has 0 spiro atoms. The molecule has 0 aromatic heterocycles. The van der Waals surface area contributed by atoms with Crippen molar-refractivity contribution in [1.82, 2.24) is 0 Å². The predicted molar refractivity (Wildman–Crippen MR) is 137 cm³/mol. The van der Waals surface area contributed by atoms with Crippen LogP contribution in [0, 0.1) is 0 Å². The summed E-state index contributed by atoms with van der Waals surface area (Å²) in [5, 5.41) is 0. The van der Waals surface area contributed by atoms with E-state index in [1.165, 1.54) is 42.8 Å². The molecule has 7 rings (SSSR count). The Morgan fingerprint density at radius 3 is 1.31 bits per heavy atom. The Balaban J connectivity index is 0.00000127. The monoisotopic (exact) mass is 528 g/mol. The van der Waals surface area contributed by atoms with Gasteiger partial charge in [-0.1, -0.05) is 0 Å². The van der Waals surface area contributed by atoms with Gasteiger partial charge in [0.2, 0.25) is 0 Å². The smallest absolute Gasteiger partial charge is 1.00 e. The maximum atomic E-state index is 2.58. The summed E-state index contributed by atoms with van der Waals surface area (Å²) in [6.45, 7) is 0. The maximum absolute atomic E-state index is 2.58. The van der Waals surface area contributed by atoms with Gasteiger partial charge in [0.05, 0.1) is 0 Å². The van der Waals surface area contributed by atoms with Crippen molar-refractivity contribution in [3.63, 3.8) is 0 Å². The van der Waals surface area contributed by atoms with Crippen LogP contribution < -0.4 is 24.8 Å². The SMILES string of the molecule is C1=C[CH]([Ti+2]2([CH]3C=Cc4c(-c5ccccc5)cccc43)[CH2][CH2]2)c2cccc(-c3ccccc3)c21.[Cl-].[Cl-]. The second-order valence-electron chi connectivity index (χ2n) is 9.76. The molecule has 4 aromatic carbocycles. The van der Waals surface area contributed by atoms with E-state index in [0.717, 1.165) is 0 Å². The fourth-order valence-corrected chi connectivity index (χ4v) is 15.4. The summed E-state index contributed by atoms with van der Waals surface area (Å²) < 4.78 is 4.30. The van der Waals surface area contributed by atoms with Crippen molar-refractivity contribution >= 4 is 12.2 Å². The van der Waals surface area contributed by atoms with Gasteiger partial charge in [-0.2, -0.15) is 0 Å². The van der Waals surface area contributed by atoms with Crippen LogP contribution in [0.3, 0.4) is 0 Å². The Morgan fingerprint density at radius 1 is 0.486 bits per heavy atom. The Labute approximate surface area is 224 Å². The summed E-state index contributed by atoms with van der Waals surface area (Å²) in [7, 11) is 0. The molecule has 0 N–H and O–H groups in total. The van der Waals surface area contributed by atoms with E-state index in [-0.39, 0.29) is 24.8 Å². The third kappa shape index (κ3) is 3.88. The molecule has 0 saturated carbocycles. The van der Waals surface area contributed by atoms with Crippen LogP contribution in [0.25, 0.3) is 34.4 Å². The van der Waals surface area contributed by atoms with Crippen molar-refractivity contribution in [2.75, 3.05) is 0 Å². The summed E-state index contributed by atoms with van der Waals surface area (Å²) >= 11 is -2.14. The Bertz CT molecular complexity index is 1310. The first kappa shape index (κ1) is 24.4. The van der Waals surface area contributed by atoms with E-state index < -0.39 is 16.6 Å². The molecule has 3 aliphatic rings. The first-order valence-electron chi connectivity index (χ1n) is 12.1. The minimum absolute atomic E-state index is 0. The van der Waals surface area contributed by atoms with E-state index in [1.807, 2.05) is 0 Å². The molecule has 2 unspecified atom stereocenters. The van der Waals surface area contributed by atoms with Crippen molar-refractivity contribution in [1.29, 1.82) is 0 Å². The Kier molecular flexibility index (Phi) is 6.68. The third-order valence-electron chi connectivity index (χ3n) is 8.10. The molecule has 3 heteroatoms. The summed E-state index contributed by atoms with van der Waals surface area (Å²) in [6.07, 6.45) is 10.0. The minimum Gasteiger partial charge on any atom is -1.00 e. The van der Waals surface area contributed by atoms with Crippen molar-refractivity contribution in [2.24, 2.45) is 0 Å². The molecule has 4 aromatic rings. The van der Waals surface area contributed by atoms with E-state index in [2.05, 4.69) is 121 Å². The van der Waals surface area contributed by atoms with Gasteiger partial charge in [0.1, 0.15) is 0 Å². The average Bonchev–Trinajstić information content (AvgIpc) is 3.35. The first-order valence-corrected chi connectivity index (χ1v) is 16.1. The second kappa shape index (κ2) is 9.60.